The van der Waals surface area contributed by atoms with E-state index in [0.717, 1.165) is 38.2 Å². The molecule has 1 unspecified atom stereocenters. The van der Waals surface area contributed by atoms with Crippen LogP contribution in [0.3, 0.4) is 0 Å². The van der Waals surface area contributed by atoms with Gasteiger partial charge in [-0.1, -0.05) is 0 Å². The summed E-state index contributed by atoms with van der Waals surface area (Å²) < 4.78 is 0. The van der Waals surface area contributed by atoms with Crippen LogP contribution in [0.5, 0.6) is 0 Å². The van der Waals surface area contributed by atoms with Gasteiger partial charge in [0.25, 0.3) is 0 Å². The molecule has 0 radical (unpaired) electrons. The number of hydrogen-bond donors (Lipinski definition) is 3. The van der Waals surface area contributed by atoms with E-state index in [0.29, 0.717) is 6.54 Å². The highest BCUT2D eigenvalue weighted by atomic mass is 16.3. The SMILES string of the molecule is CC(O)(CN1CCCNCC1)c1cc[nH]c1. The number of nitrogens with zero attached hydrogens (tertiary/aromatic N) is 1. The average molecular weight is 223 g/mol. The van der Waals surface area contributed by atoms with Crippen molar-refractivity contribution in [1.82, 2.24) is 15.2 Å². The Balaban J connectivity index is 1.96. The van der Waals surface area contributed by atoms with Gasteiger partial charge < -0.3 is 15.4 Å². The van der Waals surface area contributed by atoms with E-state index in [4.69, 9.17) is 0 Å². The summed E-state index contributed by atoms with van der Waals surface area (Å²) in [6.07, 6.45) is 4.88. The molecule has 3 N–H and O–H groups in total. The molecule has 90 valence electrons. The standard InChI is InChI=1S/C12H21N3O/c1-12(16,11-3-5-14-9-11)10-15-7-2-4-13-6-8-15/h3,5,9,13-14,16H,2,4,6-8,10H2,1H3. The third-order valence-electron chi connectivity index (χ3n) is 3.18. The van der Waals surface area contributed by atoms with Crippen molar-refractivity contribution in [2.24, 2.45) is 0 Å². The van der Waals surface area contributed by atoms with Gasteiger partial charge in [-0.25, -0.2) is 0 Å². The maximum absolute atomic E-state index is 10.4. The molecular weight excluding hydrogens is 202 g/mol. The Morgan fingerprint density at radius 1 is 1.44 bits per heavy atom. The number of β-amino-alcohol motifs (C(OH)–C–C–N with tert-alkyl or cyclic N) is 1. The largest absolute Gasteiger partial charge is 0.384 e. The molecule has 1 saturated heterocycles. The molecule has 1 aromatic heterocycles. The molecule has 1 aromatic rings. The molecule has 1 fully saturated rings. The molecule has 1 aliphatic heterocycles. The third-order valence-corrected chi connectivity index (χ3v) is 3.18. The predicted octanol–water partition coefficient (Wildman–Crippen LogP) is 0.517. The number of aliphatic hydroxyl groups is 1. The number of aromatic amines is 1. The highest BCUT2D eigenvalue weighted by Gasteiger charge is 2.26. The minimum atomic E-state index is -0.760. The van der Waals surface area contributed by atoms with Crippen LogP contribution in [0.4, 0.5) is 0 Å². The van der Waals surface area contributed by atoms with Crippen LogP contribution in [0.1, 0.15) is 18.9 Å². The van der Waals surface area contributed by atoms with Gasteiger partial charge in [-0.15, -0.1) is 0 Å². The van der Waals surface area contributed by atoms with E-state index in [1.165, 1.54) is 0 Å². The Labute approximate surface area is 96.7 Å². The zero-order valence-electron chi connectivity index (χ0n) is 9.87. The fourth-order valence-corrected chi connectivity index (χ4v) is 2.25. The van der Waals surface area contributed by atoms with E-state index in [1.54, 1.807) is 0 Å². The number of aromatic nitrogens is 1. The molecule has 4 heteroatoms. The summed E-state index contributed by atoms with van der Waals surface area (Å²) in [4.78, 5) is 5.32. The second-order valence-corrected chi connectivity index (χ2v) is 4.75. The molecule has 0 saturated carbocycles. The van der Waals surface area contributed by atoms with Gasteiger partial charge in [0.2, 0.25) is 0 Å². The van der Waals surface area contributed by atoms with Crippen molar-refractivity contribution in [3.8, 4) is 0 Å². The molecule has 2 rings (SSSR count). The molecule has 1 atom stereocenters. The summed E-state index contributed by atoms with van der Waals surface area (Å²) in [5, 5.41) is 13.8. The zero-order chi connectivity index (χ0) is 11.4. The molecule has 0 aliphatic carbocycles. The maximum Gasteiger partial charge on any atom is 0.101 e. The zero-order valence-corrected chi connectivity index (χ0v) is 9.87. The first-order chi connectivity index (χ1) is 7.68. The third kappa shape index (κ3) is 2.84. The van der Waals surface area contributed by atoms with Gasteiger partial charge in [-0.2, -0.15) is 0 Å². The van der Waals surface area contributed by atoms with E-state index in [-0.39, 0.29) is 0 Å². The topological polar surface area (TPSA) is 51.3 Å². The first-order valence-corrected chi connectivity index (χ1v) is 5.97. The quantitative estimate of drug-likeness (QED) is 0.700. The van der Waals surface area contributed by atoms with E-state index < -0.39 is 5.60 Å². The highest BCUT2D eigenvalue weighted by Crippen LogP contribution is 2.21. The summed E-state index contributed by atoms with van der Waals surface area (Å²) in [6.45, 7) is 6.77. The lowest BCUT2D eigenvalue weighted by Crippen LogP contribution is -2.40. The molecule has 0 spiro atoms. The Morgan fingerprint density at radius 3 is 3.06 bits per heavy atom. The minimum Gasteiger partial charge on any atom is -0.384 e. The van der Waals surface area contributed by atoms with Crippen molar-refractivity contribution in [1.29, 1.82) is 0 Å². The summed E-state index contributed by atoms with van der Waals surface area (Å²) in [7, 11) is 0. The van der Waals surface area contributed by atoms with Gasteiger partial charge >= 0.3 is 0 Å². The van der Waals surface area contributed by atoms with Crippen LogP contribution in [-0.4, -0.2) is 47.7 Å². The van der Waals surface area contributed by atoms with Crippen molar-refractivity contribution in [3.63, 3.8) is 0 Å². The van der Waals surface area contributed by atoms with Gasteiger partial charge in [0, 0.05) is 37.6 Å². The Hall–Kier alpha value is -0.840. The Kier molecular flexibility index (Phi) is 3.63. The number of rotatable bonds is 3. The van der Waals surface area contributed by atoms with Crippen molar-refractivity contribution < 1.29 is 5.11 Å². The van der Waals surface area contributed by atoms with E-state index in [9.17, 15) is 5.11 Å². The molecule has 4 nitrogen and oxygen atoms in total. The average Bonchev–Trinajstić information content (AvgIpc) is 2.67. The van der Waals surface area contributed by atoms with Gasteiger partial charge in [-0.05, 0) is 32.5 Å². The van der Waals surface area contributed by atoms with Crippen LogP contribution < -0.4 is 5.32 Å². The van der Waals surface area contributed by atoms with Gasteiger partial charge in [-0.3, -0.25) is 4.90 Å². The second-order valence-electron chi connectivity index (χ2n) is 4.75. The summed E-state index contributed by atoms with van der Waals surface area (Å²) in [6, 6.07) is 1.94. The summed E-state index contributed by atoms with van der Waals surface area (Å²) in [5.41, 5.74) is 0.203. The summed E-state index contributed by atoms with van der Waals surface area (Å²) >= 11 is 0. The molecule has 2 heterocycles. The van der Waals surface area contributed by atoms with Crippen LogP contribution in [0.15, 0.2) is 18.5 Å². The maximum atomic E-state index is 10.4. The van der Waals surface area contributed by atoms with E-state index in [1.807, 2.05) is 25.4 Å². The molecule has 0 bridgehead atoms. The van der Waals surface area contributed by atoms with Crippen LogP contribution in [-0.2, 0) is 5.60 Å². The van der Waals surface area contributed by atoms with Gasteiger partial charge in [0.15, 0.2) is 0 Å². The number of H-pyrrole nitrogens is 1. The van der Waals surface area contributed by atoms with E-state index in [2.05, 4.69) is 15.2 Å². The first-order valence-electron chi connectivity index (χ1n) is 5.97. The van der Waals surface area contributed by atoms with Gasteiger partial charge in [0.05, 0.1) is 0 Å². The van der Waals surface area contributed by atoms with Crippen LogP contribution in [0, 0.1) is 0 Å². The van der Waals surface area contributed by atoms with Crippen molar-refractivity contribution >= 4 is 0 Å². The fraction of sp³-hybridized carbons (Fsp3) is 0.667. The number of hydrogen-bond acceptors (Lipinski definition) is 3. The molecule has 1 aliphatic rings. The normalized spacial score (nSPS) is 22.6. The monoisotopic (exact) mass is 223 g/mol. The van der Waals surface area contributed by atoms with E-state index >= 15 is 0 Å². The summed E-state index contributed by atoms with van der Waals surface area (Å²) in [5.74, 6) is 0. The van der Waals surface area contributed by atoms with Crippen molar-refractivity contribution in [2.45, 2.75) is 18.9 Å². The lowest BCUT2D eigenvalue weighted by molar-refractivity contribution is 0.0178. The van der Waals surface area contributed by atoms with Crippen molar-refractivity contribution in [2.75, 3.05) is 32.7 Å². The predicted molar refractivity (Wildman–Crippen MR) is 64.3 cm³/mol. The van der Waals surface area contributed by atoms with Crippen LogP contribution in [0.2, 0.25) is 0 Å². The minimum absolute atomic E-state index is 0.701. The molecule has 0 aromatic carbocycles. The van der Waals surface area contributed by atoms with Crippen LogP contribution >= 0.6 is 0 Å². The first kappa shape index (κ1) is 11.6. The Morgan fingerprint density at radius 2 is 2.31 bits per heavy atom. The number of nitrogens with one attached hydrogen (secondary N) is 2. The van der Waals surface area contributed by atoms with Crippen LogP contribution in [0.25, 0.3) is 0 Å². The Bertz CT molecular complexity index is 300. The smallest absolute Gasteiger partial charge is 0.101 e. The van der Waals surface area contributed by atoms with Crippen molar-refractivity contribution in [3.05, 3.63) is 24.0 Å². The second kappa shape index (κ2) is 4.99. The fourth-order valence-electron chi connectivity index (χ4n) is 2.25. The molecule has 0 amide bonds. The van der Waals surface area contributed by atoms with Gasteiger partial charge in [0.1, 0.15) is 5.60 Å². The highest BCUT2D eigenvalue weighted by molar-refractivity contribution is 5.17. The molecular formula is C12H21N3O. The lowest BCUT2D eigenvalue weighted by atomic mass is 9.98. The molecule has 16 heavy (non-hydrogen) atoms. The lowest BCUT2D eigenvalue weighted by Gasteiger charge is -2.30.